The summed E-state index contributed by atoms with van der Waals surface area (Å²) in [7, 11) is 1.80. The van der Waals surface area contributed by atoms with Crippen LogP contribution in [0.25, 0.3) is 33.3 Å². The normalized spacial score (nSPS) is 16.8. The van der Waals surface area contributed by atoms with Gasteiger partial charge in [0.1, 0.15) is 17.1 Å². The van der Waals surface area contributed by atoms with Crippen molar-refractivity contribution in [3.63, 3.8) is 0 Å². The Morgan fingerprint density at radius 2 is 1.49 bits per heavy atom. The lowest BCUT2D eigenvalue weighted by Crippen LogP contribution is -2.43. The molecule has 0 spiro atoms. The molecule has 2 aromatic heterocycles. The van der Waals surface area contributed by atoms with Crippen molar-refractivity contribution in [3.8, 4) is 22.4 Å². The summed E-state index contributed by atoms with van der Waals surface area (Å²) >= 11 is 0. The van der Waals surface area contributed by atoms with Crippen molar-refractivity contribution in [2.45, 2.75) is 30.9 Å². The number of piperidine rings is 1. The van der Waals surface area contributed by atoms with Crippen molar-refractivity contribution in [1.29, 1.82) is 0 Å². The molecule has 8 rings (SSSR count). The summed E-state index contributed by atoms with van der Waals surface area (Å²) < 4.78 is 22.1. The van der Waals surface area contributed by atoms with Gasteiger partial charge in [-0.3, -0.25) is 9.67 Å². The van der Waals surface area contributed by atoms with Gasteiger partial charge in [-0.05, 0) is 78.4 Å². The molecule has 1 saturated heterocycles. The van der Waals surface area contributed by atoms with Gasteiger partial charge in [0.15, 0.2) is 0 Å². The lowest BCUT2D eigenvalue weighted by molar-refractivity contribution is 0.0819. The number of rotatable bonds is 8. The maximum absolute atomic E-state index is 14.3. The molecule has 6 aromatic rings. The van der Waals surface area contributed by atoms with Crippen molar-refractivity contribution < 1.29 is 9.13 Å². The SMILES string of the molecule is COC1CCN(c2ccnc3ccc(-c4cn(C(c5ccccc5)(c5ccccc5)C5C=CC=CC5)nc4-c4ccc(F)cc4)cc23)CC1. The Morgan fingerprint density at radius 3 is 2.14 bits per heavy atom. The second-order valence-electron chi connectivity index (χ2n) is 13.0. The molecule has 1 aliphatic carbocycles. The number of pyridine rings is 1. The van der Waals surface area contributed by atoms with Crippen molar-refractivity contribution in [2.24, 2.45) is 5.92 Å². The number of hydrogen-bond acceptors (Lipinski definition) is 4. The number of allylic oxidation sites excluding steroid dienone is 4. The van der Waals surface area contributed by atoms with Gasteiger partial charge in [-0.25, -0.2) is 4.39 Å². The maximum atomic E-state index is 14.3. The molecule has 1 atom stereocenters. The Morgan fingerprint density at radius 1 is 0.796 bits per heavy atom. The minimum Gasteiger partial charge on any atom is -0.381 e. The molecular weight excluding hydrogens is 607 g/mol. The van der Waals surface area contributed by atoms with Crippen molar-refractivity contribution >= 4 is 16.6 Å². The zero-order valence-electron chi connectivity index (χ0n) is 27.6. The van der Waals surface area contributed by atoms with Gasteiger partial charge >= 0.3 is 0 Å². The summed E-state index contributed by atoms with van der Waals surface area (Å²) in [5.41, 5.74) is 7.44. The first kappa shape index (κ1) is 31.0. The largest absolute Gasteiger partial charge is 0.381 e. The first-order valence-electron chi connectivity index (χ1n) is 17.1. The highest BCUT2D eigenvalue weighted by atomic mass is 19.1. The molecule has 0 saturated carbocycles. The Hall–Kier alpha value is -5.33. The van der Waals surface area contributed by atoms with E-state index in [9.17, 15) is 4.39 Å². The van der Waals surface area contributed by atoms with Crippen LogP contribution in [0.1, 0.15) is 30.4 Å². The Balaban J connectivity index is 1.36. The van der Waals surface area contributed by atoms with Gasteiger partial charge in [-0.15, -0.1) is 0 Å². The van der Waals surface area contributed by atoms with Crippen LogP contribution >= 0.6 is 0 Å². The van der Waals surface area contributed by atoms with E-state index in [1.165, 1.54) is 17.8 Å². The number of benzene rings is 4. The average molecular weight is 647 g/mol. The number of methoxy groups -OCH3 is 1. The number of nitrogens with zero attached hydrogens (tertiary/aromatic N) is 4. The highest BCUT2D eigenvalue weighted by Crippen LogP contribution is 2.46. The molecule has 0 radical (unpaired) electrons. The van der Waals surface area contributed by atoms with Gasteiger partial charge in [0.05, 0.1) is 11.6 Å². The maximum Gasteiger partial charge on any atom is 0.123 e. The van der Waals surface area contributed by atoms with E-state index in [-0.39, 0.29) is 11.7 Å². The van der Waals surface area contributed by atoms with E-state index in [1.807, 2.05) is 18.3 Å². The van der Waals surface area contributed by atoms with E-state index < -0.39 is 5.54 Å². The molecule has 2 aliphatic rings. The quantitative estimate of drug-likeness (QED) is 0.165. The lowest BCUT2D eigenvalue weighted by Gasteiger charge is -2.41. The molecule has 0 amide bonds. The van der Waals surface area contributed by atoms with Crippen LogP contribution in [0, 0.1) is 11.7 Å². The highest BCUT2D eigenvalue weighted by molar-refractivity contribution is 5.96. The van der Waals surface area contributed by atoms with Gasteiger partial charge < -0.3 is 9.64 Å². The molecule has 0 N–H and O–H groups in total. The fourth-order valence-corrected chi connectivity index (χ4v) is 7.80. The summed E-state index contributed by atoms with van der Waals surface area (Å²) in [6, 6.07) is 36.7. The van der Waals surface area contributed by atoms with Gasteiger partial charge in [-0.1, -0.05) is 91.0 Å². The first-order chi connectivity index (χ1) is 24.1. The molecule has 1 aliphatic heterocycles. The minimum atomic E-state index is -0.661. The van der Waals surface area contributed by atoms with Crippen LogP contribution < -0.4 is 4.90 Å². The smallest absolute Gasteiger partial charge is 0.123 e. The van der Waals surface area contributed by atoms with E-state index in [0.29, 0.717) is 6.10 Å². The highest BCUT2D eigenvalue weighted by Gasteiger charge is 2.44. The average Bonchev–Trinajstić information content (AvgIpc) is 3.62. The van der Waals surface area contributed by atoms with Crippen LogP contribution in [-0.4, -0.2) is 41.1 Å². The Bertz CT molecular complexity index is 2070. The second kappa shape index (κ2) is 13.3. The summed E-state index contributed by atoms with van der Waals surface area (Å²) in [6.07, 6.45) is 16.1. The number of halogens is 1. The fraction of sp³-hybridized carbons (Fsp3) is 0.209. The summed E-state index contributed by atoms with van der Waals surface area (Å²) in [5, 5.41) is 6.60. The predicted octanol–water partition coefficient (Wildman–Crippen LogP) is 9.44. The molecule has 6 heteroatoms. The minimum absolute atomic E-state index is 0.0820. The van der Waals surface area contributed by atoms with Crippen molar-refractivity contribution in [2.75, 3.05) is 25.1 Å². The summed E-state index contributed by atoms with van der Waals surface area (Å²) in [4.78, 5) is 7.20. The van der Waals surface area contributed by atoms with Gasteiger partial charge in [0.25, 0.3) is 0 Å². The van der Waals surface area contributed by atoms with Crippen LogP contribution in [0.4, 0.5) is 10.1 Å². The monoisotopic (exact) mass is 646 g/mol. The van der Waals surface area contributed by atoms with Crippen LogP contribution in [0.15, 0.2) is 146 Å². The zero-order valence-corrected chi connectivity index (χ0v) is 27.6. The Labute approximate surface area is 287 Å². The number of ether oxygens (including phenoxy) is 1. The van der Waals surface area contributed by atoms with Crippen LogP contribution in [0.3, 0.4) is 0 Å². The molecule has 244 valence electrons. The molecule has 4 aromatic carbocycles. The van der Waals surface area contributed by atoms with Gasteiger partial charge in [0.2, 0.25) is 0 Å². The molecule has 5 nitrogen and oxygen atoms in total. The lowest BCUT2D eigenvalue weighted by atomic mass is 9.70. The number of anilines is 1. The molecule has 0 bridgehead atoms. The molecule has 1 fully saturated rings. The number of fused-ring (bicyclic) bond motifs is 1. The molecule has 3 heterocycles. The van der Waals surface area contributed by atoms with E-state index in [0.717, 1.165) is 76.8 Å². The van der Waals surface area contributed by atoms with E-state index in [4.69, 9.17) is 14.8 Å². The van der Waals surface area contributed by atoms with Crippen molar-refractivity contribution in [3.05, 3.63) is 163 Å². The summed E-state index contributed by atoms with van der Waals surface area (Å²) in [5.74, 6) is -0.191. The second-order valence-corrected chi connectivity index (χ2v) is 13.0. The molecule has 1 unspecified atom stereocenters. The van der Waals surface area contributed by atoms with E-state index in [1.54, 1.807) is 7.11 Å². The third-order valence-electron chi connectivity index (χ3n) is 10.3. The van der Waals surface area contributed by atoms with Gasteiger partial charge in [-0.2, -0.15) is 5.10 Å². The standard InChI is InChI=1S/C43H39FN4O/c1-49-37-24-27-47(28-25-37)41-23-26-45-40-22-19-32(29-38(40)41)39-30-48(46-42(39)31-17-20-36(44)21-18-31)43(33-11-5-2-6-12-33,34-13-7-3-8-14-34)35-15-9-4-10-16-35/h2-15,17-23,26,29-30,35,37H,16,24-25,27-28H2,1H3. The molecule has 49 heavy (non-hydrogen) atoms. The predicted molar refractivity (Wildman–Crippen MR) is 196 cm³/mol. The molecular formula is C43H39FN4O. The van der Waals surface area contributed by atoms with Crippen LogP contribution in [0.2, 0.25) is 0 Å². The summed E-state index contributed by atoms with van der Waals surface area (Å²) in [6.45, 7) is 1.86. The number of hydrogen-bond donors (Lipinski definition) is 0. The van der Waals surface area contributed by atoms with Gasteiger partial charge in [0, 0.05) is 60.7 Å². The first-order valence-corrected chi connectivity index (χ1v) is 17.1. The third-order valence-corrected chi connectivity index (χ3v) is 10.3. The van der Waals surface area contributed by atoms with E-state index >= 15 is 0 Å². The fourth-order valence-electron chi connectivity index (χ4n) is 7.80. The third kappa shape index (κ3) is 5.66. The number of aromatic nitrogens is 3. The van der Waals surface area contributed by atoms with E-state index in [2.05, 4.69) is 125 Å². The van der Waals surface area contributed by atoms with Crippen molar-refractivity contribution in [1.82, 2.24) is 14.8 Å². The Kier molecular flexibility index (Phi) is 8.40. The zero-order chi connectivity index (χ0) is 33.2. The van der Waals surface area contributed by atoms with Crippen LogP contribution in [-0.2, 0) is 10.3 Å². The van der Waals surface area contributed by atoms with Crippen LogP contribution in [0.5, 0.6) is 0 Å². The topological polar surface area (TPSA) is 43.2 Å².